The molecule has 0 aromatic heterocycles. The molecule has 12 amide bonds. The van der Waals surface area contributed by atoms with E-state index in [9.17, 15) is 72.5 Å². The van der Waals surface area contributed by atoms with Crippen LogP contribution in [0.4, 0.5) is 0 Å². The van der Waals surface area contributed by atoms with Crippen molar-refractivity contribution in [1.29, 1.82) is 0 Å². The predicted molar refractivity (Wildman–Crippen MR) is 407 cm³/mol. The summed E-state index contributed by atoms with van der Waals surface area (Å²) in [7, 11) is 0. The number of benzene rings is 2. The highest BCUT2D eigenvalue weighted by Crippen LogP contribution is 2.17. The van der Waals surface area contributed by atoms with Gasteiger partial charge in [-0.3, -0.25) is 57.5 Å². The second-order valence-corrected chi connectivity index (χ2v) is 29.5. The van der Waals surface area contributed by atoms with Crippen molar-refractivity contribution in [3.63, 3.8) is 0 Å². The number of phenols is 1. The Bertz CT molecular complexity index is 3140. The van der Waals surface area contributed by atoms with Crippen LogP contribution in [0.1, 0.15) is 184 Å². The normalized spacial score (nSPS) is 15.1. The second kappa shape index (κ2) is 49.9. The standard InChI is InChI=1S/C75H127N17O15/c1-42(2)38-56(88-73(104)60(44(5)6)90-68(99)55(29-19-23-37-79)85-67(98)54(28-18-22-36-78)84-66(97)53(27-17-21-35-77)83-65(96)52(80)26-16-20-34-76)69(100)82-47(11)63(94)81-48(12)64(95)86-58(40-49-24-14-13-15-25-49)70(101)87-59(41-50-30-32-51(93)33-31-50)72(103)91-61(45(7)8)74(105)89-57(39-43(3)4)71(102)92-62(46(9)10)75(106)107/h13-15,24-25,30-33,42-48,52-62,93H,16-23,26-29,34-41,76-80H2,1-12H3,(H,81,94)(H,82,100)(H,83,96)(H,84,97)(H,85,98)(H,86,95)(H,87,101)(H,88,104)(H,89,105)(H,90,99)(H,91,103)(H,92,102)(H,106,107)/t47-,48-,52-,53-,54-,55-,56-,57-,58-,59-,60-,61-,62-/m0/s1. The van der Waals surface area contributed by atoms with Crippen LogP contribution in [-0.4, -0.2) is 192 Å². The smallest absolute Gasteiger partial charge is 0.326 e. The van der Waals surface area contributed by atoms with Crippen LogP contribution in [0.3, 0.4) is 0 Å². The quantitative estimate of drug-likeness (QED) is 0.0388. The first-order chi connectivity index (χ1) is 50.5. The summed E-state index contributed by atoms with van der Waals surface area (Å²) in [6.07, 6.45) is 4.63. The van der Waals surface area contributed by atoms with Gasteiger partial charge in [0.2, 0.25) is 70.9 Å². The minimum Gasteiger partial charge on any atom is -0.508 e. The molecule has 0 aliphatic heterocycles. The second-order valence-electron chi connectivity index (χ2n) is 29.5. The van der Waals surface area contributed by atoms with Crippen molar-refractivity contribution in [2.75, 3.05) is 26.2 Å². The average Bonchev–Trinajstić information content (AvgIpc) is 0.849. The Morgan fingerprint density at radius 3 is 0.991 bits per heavy atom. The lowest BCUT2D eigenvalue weighted by Gasteiger charge is -2.29. The molecule has 0 radical (unpaired) electrons. The molecule has 0 saturated carbocycles. The third-order valence-electron chi connectivity index (χ3n) is 17.9. The van der Waals surface area contributed by atoms with E-state index in [0.29, 0.717) is 88.5 Å². The molecule has 0 fully saturated rings. The molecule has 13 atom stereocenters. The Balaban J connectivity index is 2.42. The molecule has 0 aliphatic rings. The van der Waals surface area contributed by atoms with Crippen LogP contribution in [0.25, 0.3) is 0 Å². The number of nitrogens with one attached hydrogen (secondary N) is 12. The number of carbonyl (C=O) groups is 13. The van der Waals surface area contributed by atoms with Gasteiger partial charge in [0, 0.05) is 12.8 Å². The molecule has 24 N–H and O–H groups in total. The molecule has 0 spiro atoms. The molecule has 107 heavy (non-hydrogen) atoms. The molecule has 0 unspecified atom stereocenters. The number of hydrogen-bond donors (Lipinski definition) is 19. The number of aromatic hydroxyl groups is 1. The van der Waals surface area contributed by atoms with Crippen molar-refractivity contribution in [2.45, 2.75) is 264 Å². The zero-order valence-corrected chi connectivity index (χ0v) is 64.8. The van der Waals surface area contributed by atoms with Gasteiger partial charge in [0.25, 0.3) is 0 Å². The van der Waals surface area contributed by atoms with Crippen LogP contribution in [0, 0.1) is 29.6 Å². The van der Waals surface area contributed by atoms with Gasteiger partial charge in [-0.1, -0.05) is 118 Å². The van der Waals surface area contributed by atoms with Crippen LogP contribution < -0.4 is 92.5 Å². The summed E-state index contributed by atoms with van der Waals surface area (Å²) in [5.74, 6) is -12.5. The molecule has 2 rings (SSSR count). The fourth-order valence-electron chi connectivity index (χ4n) is 11.5. The van der Waals surface area contributed by atoms with Gasteiger partial charge < -0.3 is 103 Å². The number of carbonyl (C=O) groups excluding carboxylic acids is 12. The number of unbranched alkanes of at least 4 members (excludes halogenated alkanes) is 4. The van der Waals surface area contributed by atoms with Gasteiger partial charge in [0.15, 0.2) is 0 Å². The Labute approximate surface area is 630 Å². The van der Waals surface area contributed by atoms with Crippen LogP contribution in [0.2, 0.25) is 0 Å². The van der Waals surface area contributed by atoms with E-state index in [4.69, 9.17) is 28.7 Å². The van der Waals surface area contributed by atoms with Gasteiger partial charge in [0.1, 0.15) is 78.3 Å². The number of amides is 12. The zero-order chi connectivity index (χ0) is 80.6. The first-order valence-electron chi connectivity index (χ1n) is 37.7. The molecular weight excluding hydrogens is 1380 g/mol. The van der Waals surface area contributed by atoms with E-state index < -0.39 is 173 Å². The largest absolute Gasteiger partial charge is 0.508 e. The predicted octanol–water partition coefficient (Wildman–Crippen LogP) is 0.0229. The van der Waals surface area contributed by atoms with Gasteiger partial charge in [0.05, 0.1) is 6.04 Å². The lowest BCUT2D eigenvalue weighted by molar-refractivity contribution is -0.143. The Hall–Kier alpha value is -8.85. The molecule has 0 saturated heterocycles. The van der Waals surface area contributed by atoms with Crippen molar-refractivity contribution < 1.29 is 72.5 Å². The van der Waals surface area contributed by atoms with Gasteiger partial charge in [-0.05, 0) is 176 Å². The topological polar surface area (TPSA) is 537 Å². The van der Waals surface area contributed by atoms with E-state index in [0.717, 1.165) is 0 Å². The molecule has 0 heterocycles. The minimum atomic E-state index is -1.44. The maximum atomic E-state index is 14.7. The number of carboxylic acid groups (broad SMARTS) is 1. The van der Waals surface area contributed by atoms with Crippen LogP contribution in [-0.2, 0) is 75.2 Å². The van der Waals surface area contributed by atoms with Crippen LogP contribution in [0.15, 0.2) is 54.6 Å². The van der Waals surface area contributed by atoms with Crippen molar-refractivity contribution >= 4 is 76.9 Å². The van der Waals surface area contributed by atoms with Gasteiger partial charge in [-0.2, -0.15) is 0 Å². The third kappa shape index (κ3) is 35.6. The lowest BCUT2D eigenvalue weighted by atomic mass is 9.98. The van der Waals surface area contributed by atoms with Gasteiger partial charge >= 0.3 is 5.97 Å². The van der Waals surface area contributed by atoms with Crippen molar-refractivity contribution in [3.8, 4) is 5.75 Å². The Kier molecular flexibility index (Phi) is 44.0. The summed E-state index contributed by atoms with van der Waals surface area (Å²) in [4.78, 5) is 182. The average molecular weight is 1510 g/mol. The highest BCUT2D eigenvalue weighted by atomic mass is 16.4. The summed E-state index contributed by atoms with van der Waals surface area (Å²) >= 11 is 0. The first kappa shape index (κ1) is 94.2. The molecule has 602 valence electrons. The van der Waals surface area contributed by atoms with E-state index in [1.807, 2.05) is 13.8 Å². The van der Waals surface area contributed by atoms with E-state index in [-0.39, 0.29) is 69.1 Å². The maximum Gasteiger partial charge on any atom is 0.326 e. The molecule has 2 aromatic carbocycles. The highest BCUT2D eigenvalue weighted by molar-refractivity contribution is 6.00. The lowest BCUT2D eigenvalue weighted by Crippen LogP contribution is -2.61. The van der Waals surface area contributed by atoms with Crippen LogP contribution in [0.5, 0.6) is 5.75 Å². The van der Waals surface area contributed by atoms with E-state index >= 15 is 0 Å². The van der Waals surface area contributed by atoms with Crippen molar-refractivity contribution in [1.82, 2.24) is 63.8 Å². The number of aliphatic carboxylic acids is 1. The minimum absolute atomic E-state index is 0.0587. The van der Waals surface area contributed by atoms with E-state index in [1.54, 1.807) is 85.7 Å². The van der Waals surface area contributed by atoms with Crippen molar-refractivity contribution in [2.24, 2.45) is 58.3 Å². The number of rotatable bonds is 52. The number of carboxylic acids is 1. The molecule has 0 bridgehead atoms. The molecule has 0 aliphatic carbocycles. The van der Waals surface area contributed by atoms with E-state index in [2.05, 4.69) is 63.8 Å². The molecule has 2 aromatic rings. The Morgan fingerprint density at radius 2 is 0.607 bits per heavy atom. The SMILES string of the molecule is CC(C)C[C@H](NC(=O)[C@@H](NC(=O)[C@H](CCCCN)NC(=O)[C@H](CCCCN)NC(=O)[C@H](CCCCN)NC(=O)[C@@H](N)CCCCN)C(C)C)C(=O)N[C@@H](C)C(=O)N[C@@H](C)C(=O)N[C@@H](Cc1ccccc1)C(=O)N[C@@H](Cc1ccc(O)cc1)C(=O)N[C@H](C(=O)N[C@@H](CC(C)C)C(=O)N[C@H](C(=O)O)C(C)C)C(C)C. The number of nitrogens with two attached hydrogens (primary N) is 5. The monoisotopic (exact) mass is 1510 g/mol. The number of phenolic OH excluding ortho intramolecular Hbond substituents is 1. The first-order valence-corrected chi connectivity index (χ1v) is 37.7. The summed E-state index contributed by atoms with van der Waals surface area (Å²) in [6, 6.07) is -1.92. The maximum absolute atomic E-state index is 14.7. The molecular formula is C75H127N17O15. The zero-order valence-electron chi connectivity index (χ0n) is 64.8. The third-order valence-corrected chi connectivity index (χ3v) is 17.9. The van der Waals surface area contributed by atoms with Gasteiger partial charge in [-0.25, -0.2) is 4.79 Å². The van der Waals surface area contributed by atoms with E-state index in [1.165, 1.54) is 38.1 Å². The fourth-order valence-corrected chi connectivity index (χ4v) is 11.5. The van der Waals surface area contributed by atoms with Crippen molar-refractivity contribution in [3.05, 3.63) is 65.7 Å². The fraction of sp³-hybridized carbons (Fsp3) is 0.667. The summed E-state index contributed by atoms with van der Waals surface area (Å²) < 4.78 is 0. The van der Waals surface area contributed by atoms with Gasteiger partial charge in [-0.15, -0.1) is 0 Å². The number of hydrogen-bond acceptors (Lipinski definition) is 19. The summed E-state index contributed by atoms with van der Waals surface area (Å²) in [5, 5.41) is 52.3. The summed E-state index contributed by atoms with van der Waals surface area (Å²) in [6.45, 7) is 21.1. The van der Waals surface area contributed by atoms with Crippen LogP contribution >= 0.6 is 0 Å². The summed E-state index contributed by atoms with van der Waals surface area (Å²) in [5.41, 5.74) is 30.2. The Morgan fingerprint density at radius 1 is 0.318 bits per heavy atom. The molecule has 32 heteroatoms. The highest BCUT2D eigenvalue weighted by Gasteiger charge is 2.38. The molecule has 32 nitrogen and oxygen atoms in total.